The van der Waals surface area contributed by atoms with Crippen molar-refractivity contribution in [2.75, 3.05) is 39.6 Å². The number of ether oxygens (including phenoxy) is 4. The number of unbranched alkanes of at least 4 members (excludes halogenated alkanes) is 42. The van der Waals surface area contributed by atoms with Crippen LogP contribution >= 0.6 is 15.6 Å². The lowest BCUT2D eigenvalue weighted by atomic mass is 10.0. The first-order chi connectivity index (χ1) is 44.4. The summed E-state index contributed by atoms with van der Waals surface area (Å²) in [6.07, 6.45) is 51.4. The molecule has 0 rings (SSSR count). The van der Waals surface area contributed by atoms with Crippen LogP contribution < -0.4 is 0 Å². The lowest BCUT2D eigenvalue weighted by molar-refractivity contribution is -0.161. The monoisotopic (exact) mass is 1350 g/mol. The highest BCUT2D eigenvalue weighted by atomic mass is 31.2. The molecule has 0 saturated carbocycles. The van der Waals surface area contributed by atoms with E-state index in [1.54, 1.807) is 0 Å². The smallest absolute Gasteiger partial charge is 0.462 e. The van der Waals surface area contributed by atoms with Gasteiger partial charge in [0.1, 0.15) is 19.3 Å². The van der Waals surface area contributed by atoms with Gasteiger partial charge in [-0.3, -0.25) is 37.3 Å². The molecule has 2 unspecified atom stereocenters. The highest BCUT2D eigenvalue weighted by Crippen LogP contribution is 2.45. The first kappa shape index (κ1) is 90.1. The van der Waals surface area contributed by atoms with Crippen molar-refractivity contribution in [1.82, 2.24) is 0 Å². The quantitative estimate of drug-likeness (QED) is 0.0222. The maximum Gasteiger partial charge on any atom is 0.472 e. The first-order valence-corrected chi connectivity index (χ1v) is 41.0. The fraction of sp³-hybridized carbons (Fsp3) is 0.945. The zero-order valence-electron chi connectivity index (χ0n) is 59.9. The van der Waals surface area contributed by atoms with Crippen molar-refractivity contribution in [3.05, 3.63) is 0 Å². The summed E-state index contributed by atoms with van der Waals surface area (Å²) in [4.78, 5) is 72.7. The van der Waals surface area contributed by atoms with Crippen molar-refractivity contribution in [3.63, 3.8) is 0 Å². The van der Waals surface area contributed by atoms with E-state index in [0.717, 1.165) is 102 Å². The second-order valence-electron chi connectivity index (χ2n) is 27.3. The number of rotatable bonds is 72. The molecule has 0 aliphatic heterocycles. The maximum absolute atomic E-state index is 13.1. The summed E-state index contributed by atoms with van der Waals surface area (Å²) < 4.78 is 68.4. The number of aliphatic hydroxyl groups is 1. The van der Waals surface area contributed by atoms with E-state index in [2.05, 4.69) is 41.5 Å². The van der Waals surface area contributed by atoms with Gasteiger partial charge in [-0.1, -0.05) is 324 Å². The number of hydrogen-bond acceptors (Lipinski definition) is 15. The van der Waals surface area contributed by atoms with Crippen LogP contribution in [0.25, 0.3) is 0 Å². The summed E-state index contributed by atoms with van der Waals surface area (Å²) in [7, 11) is -9.90. The van der Waals surface area contributed by atoms with Gasteiger partial charge in [0.15, 0.2) is 12.2 Å². The fourth-order valence-electron chi connectivity index (χ4n) is 11.1. The Morgan fingerprint density at radius 2 is 0.500 bits per heavy atom. The van der Waals surface area contributed by atoms with E-state index < -0.39 is 97.5 Å². The fourth-order valence-corrected chi connectivity index (χ4v) is 12.7. The molecule has 5 atom stereocenters. The molecule has 0 bridgehead atoms. The molecular formula is C73H142O17P2. The topological polar surface area (TPSA) is 237 Å². The Morgan fingerprint density at radius 1 is 0.293 bits per heavy atom. The van der Waals surface area contributed by atoms with E-state index in [-0.39, 0.29) is 25.7 Å². The third-order valence-corrected chi connectivity index (χ3v) is 18.9. The lowest BCUT2D eigenvalue weighted by Gasteiger charge is -2.21. The number of phosphoric acid groups is 2. The maximum atomic E-state index is 13.1. The highest BCUT2D eigenvalue weighted by Gasteiger charge is 2.30. The molecule has 0 aromatic heterocycles. The molecule has 0 aliphatic carbocycles. The molecule has 0 amide bonds. The predicted octanol–water partition coefficient (Wildman–Crippen LogP) is 21.2. The Balaban J connectivity index is 5.24. The van der Waals surface area contributed by atoms with Crippen LogP contribution in [0.1, 0.15) is 375 Å². The summed E-state index contributed by atoms with van der Waals surface area (Å²) in [5, 5.41) is 10.6. The van der Waals surface area contributed by atoms with Crippen molar-refractivity contribution in [1.29, 1.82) is 0 Å². The predicted molar refractivity (Wildman–Crippen MR) is 372 cm³/mol. The van der Waals surface area contributed by atoms with Gasteiger partial charge in [0, 0.05) is 25.7 Å². The van der Waals surface area contributed by atoms with Gasteiger partial charge in [0.2, 0.25) is 0 Å². The first-order valence-electron chi connectivity index (χ1n) is 38.0. The molecule has 17 nitrogen and oxygen atoms in total. The van der Waals surface area contributed by atoms with Gasteiger partial charge in [-0.2, -0.15) is 0 Å². The third kappa shape index (κ3) is 66.7. The molecule has 0 radical (unpaired) electrons. The molecular weight excluding hydrogens is 1210 g/mol. The molecule has 3 N–H and O–H groups in total. The van der Waals surface area contributed by atoms with Crippen molar-refractivity contribution < 1.29 is 80.2 Å². The zero-order valence-corrected chi connectivity index (χ0v) is 61.6. The van der Waals surface area contributed by atoms with Gasteiger partial charge in [-0.05, 0) is 37.5 Å². The van der Waals surface area contributed by atoms with Crippen molar-refractivity contribution in [2.24, 2.45) is 11.8 Å². The Kier molecular flexibility index (Phi) is 63.7. The second kappa shape index (κ2) is 65.0. The molecule has 546 valence electrons. The molecule has 0 saturated heterocycles. The van der Waals surface area contributed by atoms with Crippen LogP contribution in [0.3, 0.4) is 0 Å². The summed E-state index contributed by atoms with van der Waals surface area (Å²) in [5.74, 6) is -0.698. The average Bonchev–Trinajstić information content (AvgIpc) is 1.41. The van der Waals surface area contributed by atoms with Crippen LogP contribution in [-0.2, 0) is 65.4 Å². The van der Waals surface area contributed by atoms with Gasteiger partial charge >= 0.3 is 39.5 Å². The second-order valence-corrected chi connectivity index (χ2v) is 30.2. The van der Waals surface area contributed by atoms with E-state index in [4.69, 9.17) is 37.0 Å². The van der Waals surface area contributed by atoms with Gasteiger partial charge in [0.05, 0.1) is 26.4 Å². The molecule has 0 heterocycles. The number of aliphatic hydroxyl groups excluding tert-OH is 1. The Morgan fingerprint density at radius 3 is 0.739 bits per heavy atom. The zero-order chi connectivity index (χ0) is 67.9. The van der Waals surface area contributed by atoms with Crippen molar-refractivity contribution >= 4 is 39.5 Å². The molecule has 0 aromatic rings. The van der Waals surface area contributed by atoms with E-state index >= 15 is 0 Å². The van der Waals surface area contributed by atoms with Crippen molar-refractivity contribution in [3.8, 4) is 0 Å². The number of carbonyl (C=O) groups excluding carboxylic acids is 4. The summed E-state index contributed by atoms with van der Waals surface area (Å²) in [5.41, 5.74) is 0. The summed E-state index contributed by atoms with van der Waals surface area (Å²) >= 11 is 0. The number of hydrogen-bond donors (Lipinski definition) is 3. The Labute approximate surface area is 562 Å². The van der Waals surface area contributed by atoms with Crippen LogP contribution in [0, 0.1) is 11.8 Å². The number of esters is 4. The van der Waals surface area contributed by atoms with E-state index in [1.165, 1.54) is 186 Å². The molecule has 19 heteroatoms. The minimum absolute atomic E-state index is 0.104. The summed E-state index contributed by atoms with van der Waals surface area (Å²) in [6.45, 7) is 9.48. The van der Waals surface area contributed by atoms with E-state index in [1.807, 2.05) is 0 Å². The lowest BCUT2D eigenvalue weighted by Crippen LogP contribution is -2.30. The Bertz CT molecular complexity index is 1790. The van der Waals surface area contributed by atoms with E-state index in [0.29, 0.717) is 31.6 Å². The van der Waals surface area contributed by atoms with Crippen LogP contribution in [-0.4, -0.2) is 96.7 Å². The average molecular weight is 1350 g/mol. The van der Waals surface area contributed by atoms with Crippen molar-refractivity contribution in [2.45, 2.75) is 394 Å². The van der Waals surface area contributed by atoms with Crippen LogP contribution in [0.15, 0.2) is 0 Å². The third-order valence-electron chi connectivity index (χ3n) is 17.0. The standard InChI is InChI=1S/C73H142O17P2/c1-7-9-11-13-15-17-19-21-23-25-27-29-31-38-45-51-57-72(77)89-68(61-83-70(75)55-49-43-37-30-28-26-24-22-20-18-16-14-12-10-8-2)63-87-91(79,80)85-59-67(74)60-86-92(81,82)88-64-69(62-84-71(76)56-50-44-40-34-36-42-48-54-66(5)6)90-73(78)58-52-46-39-33-32-35-41-47-53-65(3)4/h65-69,74H,7-64H2,1-6H3,(H,79,80)(H,81,82)/t67-,68-,69-/m1/s1. The Hall–Kier alpha value is -1.94. The van der Waals surface area contributed by atoms with Crippen LogP contribution in [0.5, 0.6) is 0 Å². The minimum atomic E-state index is -4.95. The number of phosphoric ester groups is 2. The molecule has 0 fully saturated rings. The van der Waals surface area contributed by atoms with E-state index in [9.17, 15) is 43.2 Å². The van der Waals surface area contributed by atoms with Crippen LogP contribution in [0.2, 0.25) is 0 Å². The molecule has 0 aliphatic rings. The van der Waals surface area contributed by atoms with Gasteiger partial charge in [0.25, 0.3) is 0 Å². The van der Waals surface area contributed by atoms with Gasteiger partial charge < -0.3 is 33.8 Å². The highest BCUT2D eigenvalue weighted by molar-refractivity contribution is 7.47. The minimum Gasteiger partial charge on any atom is -0.462 e. The molecule has 0 aromatic carbocycles. The number of carbonyl (C=O) groups is 4. The normalized spacial score (nSPS) is 14.1. The SMILES string of the molecule is CCCCCCCCCCCCCCCCCCC(=O)O[C@H](COC(=O)CCCCCCCCCCCCCCCCC)COP(=O)(O)OC[C@@H](O)COP(=O)(O)OC[C@@H](COC(=O)CCCCCCCCCC(C)C)OC(=O)CCCCCCCCCCC(C)C. The molecule has 0 spiro atoms. The van der Waals surface area contributed by atoms with Gasteiger partial charge in [-0.25, -0.2) is 9.13 Å². The summed E-state index contributed by atoms with van der Waals surface area (Å²) in [6, 6.07) is 0. The van der Waals surface area contributed by atoms with Gasteiger partial charge in [-0.15, -0.1) is 0 Å². The molecule has 92 heavy (non-hydrogen) atoms. The van der Waals surface area contributed by atoms with Crippen LogP contribution in [0.4, 0.5) is 0 Å². The largest absolute Gasteiger partial charge is 0.472 e.